The van der Waals surface area contributed by atoms with Crippen LogP contribution in [-0.4, -0.2) is 13.6 Å². The van der Waals surface area contributed by atoms with Gasteiger partial charge in [-0.2, -0.15) is 0 Å². The molecule has 1 nitrogen and oxygen atoms in total. The van der Waals surface area contributed by atoms with Gasteiger partial charge in [-0.25, -0.2) is 8.78 Å². The van der Waals surface area contributed by atoms with Crippen LogP contribution >= 0.6 is 0 Å². The molecule has 0 amide bonds. The Labute approximate surface area is 112 Å². The van der Waals surface area contributed by atoms with E-state index < -0.39 is 0 Å². The van der Waals surface area contributed by atoms with E-state index in [0.29, 0.717) is 18.5 Å². The van der Waals surface area contributed by atoms with Crippen molar-refractivity contribution in [1.29, 1.82) is 0 Å². The normalized spacial score (nSPS) is 12.4. The molecule has 3 heteroatoms. The Bertz CT molecular complexity index is 523. The van der Waals surface area contributed by atoms with Crippen molar-refractivity contribution >= 4 is 0 Å². The van der Waals surface area contributed by atoms with Crippen LogP contribution in [0.1, 0.15) is 17.0 Å². The van der Waals surface area contributed by atoms with Crippen molar-refractivity contribution in [3.63, 3.8) is 0 Å². The first-order valence-electron chi connectivity index (χ1n) is 6.34. The molecular weight excluding hydrogens is 244 g/mol. The van der Waals surface area contributed by atoms with Gasteiger partial charge in [-0.3, -0.25) is 0 Å². The third-order valence-electron chi connectivity index (χ3n) is 3.19. The summed E-state index contributed by atoms with van der Waals surface area (Å²) >= 11 is 0. The lowest BCUT2D eigenvalue weighted by atomic mass is 9.91. The lowest BCUT2D eigenvalue weighted by Gasteiger charge is -2.18. The molecule has 0 spiro atoms. The first kappa shape index (κ1) is 13.7. The van der Waals surface area contributed by atoms with Crippen molar-refractivity contribution < 1.29 is 8.78 Å². The highest BCUT2D eigenvalue weighted by molar-refractivity contribution is 5.26. The molecule has 2 aromatic carbocycles. The SMILES string of the molecule is CNCC(Cc1ccc(F)cc1)c1ccccc1F. The number of hydrogen-bond donors (Lipinski definition) is 1. The molecule has 0 aliphatic heterocycles. The zero-order valence-electron chi connectivity index (χ0n) is 10.9. The third kappa shape index (κ3) is 3.61. The second-order valence-corrected chi connectivity index (χ2v) is 4.61. The van der Waals surface area contributed by atoms with Gasteiger partial charge in [0.1, 0.15) is 11.6 Å². The van der Waals surface area contributed by atoms with E-state index in [0.717, 1.165) is 5.56 Å². The molecule has 0 fully saturated rings. The fourth-order valence-corrected chi connectivity index (χ4v) is 2.25. The van der Waals surface area contributed by atoms with E-state index in [9.17, 15) is 8.78 Å². The molecular formula is C16H17F2N. The van der Waals surface area contributed by atoms with E-state index in [4.69, 9.17) is 0 Å². The fourth-order valence-electron chi connectivity index (χ4n) is 2.25. The summed E-state index contributed by atoms with van der Waals surface area (Å²) in [6.45, 7) is 0.679. The minimum absolute atomic E-state index is 0.0386. The van der Waals surface area contributed by atoms with Crippen LogP contribution in [0.15, 0.2) is 48.5 Å². The average Bonchev–Trinajstić information content (AvgIpc) is 2.41. The highest BCUT2D eigenvalue weighted by atomic mass is 19.1. The Morgan fingerprint density at radius 3 is 2.32 bits per heavy atom. The van der Waals surface area contributed by atoms with E-state index in [1.54, 1.807) is 24.3 Å². The molecule has 1 unspecified atom stereocenters. The summed E-state index contributed by atoms with van der Waals surface area (Å²) in [5.74, 6) is -0.402. The summed E-state index contributed by atoms with van der Waals surface area (Å²) in [6, 6.07) is 13.2. The Kier molecular flexibility index (Phi) is 4.63. The van der Waals surface area contributed by atoms with Crippen LogP contribution in [-0.2, 0) is 6.42 Å². The molecule has 0 aliphatic rings. The fraction of sp³-hybridized carbons (Fsp3) is 0.250. The summed E-state index contributed by atoms with van der Waals surface area (Å²) in [7, 11) is 1.85. The predicted molar refractivity (Wildman–Crippen MR) is 73.2 cm³/mol. The zero-order valence-corrected chi connectivity index (χ0v) is 10.9. The smallest absolute Gasteiger partial charge is 0.126 e. The summed E-state index contributed by atoms with van der Waals surface area (Å²) in [5.41, 5.74) is 1.70. The molecule has 0 saturated heterocycles. The molecule has 0 aliphatic carbocycles. The molecule has 2 aromatic rings. The highest BCUT2D eigenvalue weighted by Gasteiger charge is 2.15. The van der Waals surface area contributed by atoms with Gasteiger partial charge >= 0.3 is 0 Å². The minimum atomic E-state index is -0.250. The van der Waals surface area contributed by atoms with Gasteiger partial charge in [0, 0.05) is 12.5 Å². The number of hydrogen-bond acceptors (Lipinski definition) is 1. The van der Waals surface area contributed by atoms with Crippen LogP contribution in [0.2, 0.25) is 0 Å². The molecule has 1 atom stereocenters. The van der Waals surface area contributed by atoms with E-state index >= 15 is 0 Å². The van der Waals surface area contributed by atoms with Gasteiger partial charge in [-0.1, -0.05) is 30.3 Å². The summed E-state index contributed by atoms with van der Waals surface area (Å²) in [6.07, 6.45) is 0.683. The van der Waals surface area contributed by atoms with Crippen LogP contribution in [0.3, 0.4) is 0 Å². The van der Waals surface area contributed by atoms with Crippen molar-refractivity contribution in [2.45, 2.75) is 12.3 Å². The van der Waals surface area contributed by atoms with Crippen molar-refractivity contribution in [2.24, 2.45) is 0 Å². The molecule has 0 aromatic heterocycles. The van der Waals surface area contributed by atoms with E-state index in [1.165, 1.54) is 18.2 Å². The van der Waals surface area contributed by atoms with Crippen molar-refractivity contribution in [3.05, 3.63) is 71.3 Å². The van der Waals surface area contributed by atoms with Gasteiger partial charge in [0.05, 0.1) is 0 Å². The monoisotopic (exact) mass is 261 g/mol. The van der Waals surface area contributed by atoms with E-state index in [-0.39, 0.29) is 17.6 Å². The van der Waals surface area contributed by atoms with Crippen molar-refractivity contribution in [1.82, 2.24) is 5.32 Å². The molecule has 0 bridgehead atoms. The lowest BCUT2D eigenvalue weighted by molar-refractivity contribution is 0.556. The average molecular weight is 261 g/mol. The molecule has 2 rings (SSSR count). The third-order valence-corrected chi connectivity index (χ3v) is 3.19. The quantitative estimate of drug-likeness (QED) is 0.868. The van der Waals surface area contributed by atoms with Crippen LogP contribution in [0.5, 0.6) is 0 Å². The number of halogens is 2. The number of nitrogens with one attached hydrogen (secondary N) is 1. The van der Waals surface area contributed by atoms with Crippen LogP contribution in [0, 0.1) is 11.6 Å². The van der Waals surface area contributed by atoms with E-state index in [1.807, 2.05) is 13.1 Å². The van der Waals surface area contributed by atoms with Gasteiger partial charge < -0.3 is 5.32 Å². The molecule has 100 valence electrons. The Morgan fingerprint density at radius 1 is 1.00 bits per heavy atom. The highest BCUT2D eigenvalue weighted by Crippen LogP contribution is 2.23. The second kappa shape index (κ2) is 6.43. The van der Waals surface area contributed by atoms with Gasteiger partial charge in [0.15, 0.2) is 0 Å². The second-order valence-electron chi connectivity index (χ2n) is 4.61. The Hall–Kier alpha value is -1.74. The van der Waals surface area contributed by atoms with Crippen LogP contribution in [0.25, 0.3) is 0 Å². The topological polar surface area (TPSA) is 12.0 Å². The maximum absolute atomic E-state index is 13.8. The number of likely N-dealkylation sites (N-methyl/N-ethyl adjacent to an activating group) is 1. The maximum atomic E-state index is 13.8. The van der Waals surface area contributed by atoms with E-state index in [2.05, 4.69) is 5.32 Å². The number of benzene rings is 2. The first-order valence-corrected chi connectivity index (χ1v) is 6.34. The summed E-state index contributed by atoms with van der Waals surface area (Å²) in [5, 5.41) is 3.08. The molecule has 1 N–H and O–H groups in total. The standard InChI is InChI=1S/C16H17F2N/c1-19-11-13(15-4-2-3-5-16(15)18)10-12-6-8-14(17)9-7-12/h2-9,13,19H,10-11H2,1H3. The molecule has 0 radical (unpaired) electrons. The molecule has 0 saturated carbocycles. The van der Waals surface area contributed by atoms with Crippen molar-refractivity contribution in [2.75, 3.05) is 13.6 Å². The summed E-state index contributed by atoms with van der Waals surface area (Å²) < 4.78 is 26.7. The van der Waals surface area contributed by atoms with Gasteiger partial charge in [0.2, 0.25) is 0 Å². The van der Waals surface area contributed by atoms with Gasteiger partial charge in [0.25, 0.3) is 0 Å². The van der Waals surface area contributed by atoms with Crippen LogP contribution < -0.4 is 5.32 Å². The summed E-state index contributed by atoms with van der Waals surface area (Å²) in [4.78, 5) is 0. The lowest BCUT2D eigenvalue weighted by Crippen LogP contribution is -2.20. The molecule has 19 heavy (non-hydrogen) atoms. The first-order chi connectivity index (χ1) is 9.20. The van der Waals surface area contributed by atoms with Crippen molar-refractivity contribution in [3.8, 4) is 0 Å². The predicted octanol–water partition coefficient (Wildman–Crippen LogP) is 3.51. The van der Waals surface area contributed by atoms with Gasteiger partial charge in [-0.15, -0.1) is 0 Å². The maximum Gasteiger partial charge on any atom is 0.126 e. The largest absolute Gasteiger partial charge is 0.319 e. The number of rotatable bonds is 5. The Balaban J connectivity index is 2.21. The van der Waals surface area contributed by atoms with Crippen LogP contribution in [0.4, 0.5) is 8.78 Å². The minimum Gasteiger partial charge on any atom is -0.319 e. The molecule has 0 heterocycles. The van der Waals surface area contributed by atoms with Gasteiger partial charge in [-0.05, 0) is 42.8 Å². The zero-order chi connectivity index (χ0) is 13.7. The Morgan fingerprint density at radius 2 is 1.68 bits per heavy atom.